The molecule has 7 nitrogen and oxygen atoms in total. The normalized spacial score (nSPS) is 30.6. The Morgan fingerprint density at radius 3 is 2.62 bits per heavy atom. The van der Waals surface area contributed by atoms with E-state index in [4.69, 9.17) is 4.74 Å². The van der Waals surface area contributed by atoms with E-state index < -0.39 is 24.7 Å². The molecule has 1 aromatic rings. The van der Waals surface area contributed by atoms with E-state index in [0.29, 0.717) is 11.4 Å². The lowest BCUT2D eigenvalue weighted by atomic mass is 9.70. The molecule has 1 aromatic carbocycles. The van der Waals surface area contributed by atoms with Crippen LogP contribution in [0.4, 0.5) is 5.69 Å². The van der Waals surface area contributed by atoms with Crippen LogP contribution in [-0.2, 0) is 9.59 Å². The van der Waals surface area contributed by atoms with Crippen molar-refractivity contribution < 1.29 is 24.5 Å². The summed E-state index contributed by atoms with van der Waals surface area (Å²) in [7, 11) is 1.53. The van der Waals surface area contributed by atoms with Crippen LogP contribution in [0.3, 0.4) is 0 Å². The Morgan fingerprint density at radius 2 is 2.03 bits per heavy atom. The zero-order valence-corrected chi connectivity index (χ0v) is 17.6. The van der Waals surface area contributed by atoms with Gasteiger partial charge in [0.1, 0.15) is 11.8 Å². The van der Waals surface area contributed by atoms with Gasteiger partial charge in [-0.2, -0.15) is 0 Å². The van der Waals surface area contributed by atoms with Crippen molar-refractivity contribution in [3.63, 3.8) is 0 Å². The molecule has 2 saturated carbocycles. The summed E-state index contributed by atoms with van der Waals surface area (Å²) in [5.74, 6) is -0.111. The molecule has 29 heavy (non-hydrogen) atoms. The molecule has 2 amide bonds. The monoisotopic (exact) mass is 404 g/mol. The van der Waals surface area contributed by atoms with Crippen molar-refractivity contribution in [2.24, 2.45) is 22.7 Å². The van der Waals surface area contributed by atoms with Gasteiger partial charge in [0.2, 0.25) is 11.8 Å². The van der Waals surface area contributed by atoms with Gasteiger partial charge in [0.25, 0.3) is 0 Å². The maximum absolute atomic E-state index is 12.6. The molecule has 3 rings (SSSR count). The van der Waals surface area contributed by atoms with Gasteiger partial charge in [-0.05, 0) is 47.6 Å². The van der Waals surface area contributed by atoms with E-state index in [1.165, 1.54) is 7.11 Å². The highest BCUT2D eigenvalue weighted by molar-refractivity contribution is 5.97. The van der Waals surface area contributed by atoms with Gasteiger partial charge < -0.3 is 25.6 Å². The van der Waals surface area contributed by atoms with Crippen molar-refractivity contribution in [2.45, 2.75) is 52.2 Å². The molecule has 4 unspecified atom stereocenters. The van der Waals surface area contributed by atoms with Crippen LogP contribution >= 0.6 is 0 Å². The van der Waals surface area contributed by atoms with Crippen LogP contribution in [0.25, 0.3) is 0 Å². The molecule has 0 aromatic heterocycles. The van der Waals surface area contributed by atoms with Gasteiger partial charge in [-0.1, -0.05) is 26.8 Å². The number of aliphatic hydroxyl groups excluding tert-OH is 2. The van der Waals surface area contributed by atoms with Gasteiger partial charge in [0, 0.05) is 18.2 Å². The Hall–Kier alpha value is -2.12. The molecule has 2 aliphatic rings. The minimum Gasteiger partial charge on any atom is -0.497 e. The third-order valence-electron chi connectivity index (χ3n) is 7.54. The van der Waals surface area contributed by atoms with Gasteiger partial charge in [-0.15, -0.1) is 0 Å². The number of methoxy groups -OCH3 is 1. The first-order valence-electron chi connectivity index (χ1n) is 10.2. The number of nitrogens with one attached hydrogen (secondary N) is 2. The summed E-state index contributed by atoms with van der Waals surface area (Å²) >= 11 is 0. The molecule has 0 radical (unpaired) electrons. The molecular formula is C22H32N2O5. The highest BCUT2D eigenvalue weighted by Crippen LogP contribution is 2.68. The van der Waals surface area contributed by atoms with Crippen molar-refractivity contribution in [2.75, 3.05) is 19.0 Å². The summed E-state index contributed by atoms with van der Waals surface area (Å²) in [6.07, 6.45) is 1.57. The predicted molar refractivity (Wildman–Crippen MR) is 109 cm³/mol. The molecule has 2 fully saturated rings. The van der Waals surface area contributed by atoms with E-state index in [1.807, 2.05) is 0 Å². The highest BCUT2D eigenvalue weighted by atomic mass is 16.5. The number of anilines is 1. The van der Waals surface area contributed by atoms with Crippen LogP contribution in [0.15, 0.2) is 24.3 Å². The molecule has 0 saturated heterocycles. The Labute approximate surface area is 171 Å². The minimum absolute atomic E-state index is 0.0303. The standard InChI is InChI=1S/C22H32N2O5/c1-21(2)16-8-9-22(21,3)19(27)15(16)11-18(26)24-17(12-25)20(28)23-13-6-5-7-14(10-13)29-4/h5-7,10,15-17,19,25,27H,8-9,11-12H2,1-4H3,(H,23,28)(H,24,26)/t15?,16?,17-,19?,22?/m0/s1. The maximum atomic E-state index is 12.6. The second-order valence-electron chi connectivity index (χ2n) is 9.12. The van der Waals surface area contributed by atoms with E-state index in [-0.39, 0.29) is 35.0 Å². The number of carbonyl (C=O) groups excluding carboxylic acids is 2. The van der Waals surface area contributed by atoms with Crippen molar-refractivity contribution in [1.29, 1.82) is 0 Å². The molecule has 160 valence electrons. The van der Waals surface area contributed by atoms with Crippen LogP contribution in [0.2, 0.25) is 0 Å². The van der Waals surface area contributed by atoms with Crippen LogP contribution in [0.1, 0.15) is 40.0 Å². The molecule has 7 heteroatoms. The third-order valence-corrected chi connectivity index (χ3v) is 7.54. The Balaban J connectivity index is 1.61. The third kappa shape index (κ3) is 3.73. The van der Waals surface area contributed by atoms with Crippen molar-refractivity contribution in [3.8, 4) is 5.75 Å². The SMILES string of the molecule is COc1cccc(NC(=O)[C@H](CO)NC(=O)CC2C3CCC(C)(C2O)C3(C)C)c1. The van der Waals surface area contributed by atoms with Crippen LogP contribution < -0.4 is 15.4 Å². The van der Waals surface area contributed by atoms with E-state index in [9.17, 15) is 19.8 Å². The summed E-state index contributed by atoms with van der Waals surface area (Å²) < 4.78 is 5.13. The van der Waals surface area contributed by atoms with E-state index >= 15 is 0 Å². The average molecular weight is 405 g/mol. The lowest BCUT2D eigenvalue weighted by Crippen LogP contribution is -2.47. The fraction of sp³-hybridized carbons (Fsp3) is 0.636. The molecule has 5 atom stereocenters. The van der Waals surface area contributed by atoms with Crippen molar-refractivity contribution in [1.82, 2.24) is 5.32 Å². The minimum atomic E-state index is -1.06. The smallest absolute Gasteiger partial charge is 0.249 e. The number of carbonyl (C=O) groups is 2. The Bertz CT molecular complexity index is 780. The number of rotatable bonds is 7. The van der Waals surface area contributed by atoms with E-state index in [0.717, 1.165) is 12.8 Å². The molecule has 4 N–H and O–H groups in total. The number of amides is 2. The summed E-state index contributed by atoms with van der Waals surface area (Å²) in [4.78, 5) is 25.1. The van der Waals surface area contributed by atoms with E-state index in [2.05, 4.69) is 31.4 Å². The number of fused-ring (bicyclic) bond motifs is 2. The fourth-order valence-corrected chi connectivity index (χ4v) is 5.38. The van der Waals surface area contributed by atoms with Gasteiger partial charge in [-0.3, -0.25) is 9.59 Å². The fourth-order valence-electron chi connectivity index (χ4n) is 5.38. The predicted octanol–water partition coefficient (Wildman–Crippen LogP) is 1.93. The van der Waals surface area contributed by atoms with Crippen LogP contribution in [-0.4, -0.2) is 47.9 Å². The Morgan fingerprint density at radius 1 is 1.31 bits per heavy atom. The topological polar surface area (TPSA) is 108 Å². The second-order valence-corrected chi connectivity index (χ2v) is 9.12. The summed E-state index contributed by atoms with van der Waals surface area (Å²) in [5, 5.41) is 25.8. The lowest BCUT2D eigenvalue weighted by molar-refractivity contribution is -0.129. The largest absolute Gasteiger partial charge is 0.497 e. The van der Waals surface area contributed by atoms with Gasteiger partial charge >= 0.3 is 0 Å². The quantitative estimate of drug-likeness (QED) is 0.555. The first kappa shape index (κ1) is 21.6. The number of benzene rings is 1. The van der Waals surface area contributed by atoms with Crippen molar-refractivity contribution >= 4 is 17.5 Å². The van der Waals surface area contributed by atoms with E-state index in [1.54, 1.807) is 24.3 Å². The maximum Gasteiger partial charge on any atom is 0.249 e. The van der Waals surface area contributed by atoms with Gasteiger partial charge in [0.15, 0.2) is 0 Å². The van der Waals surface area contributed by atoms with Gasteiger partial charge in [-0.25, -0.2) is 0 Å². The first-order valence-corrected chi connectivity index (χ1v) is 10.2. The van der Waals surface area contributed by atoms with Crippen molar-refractivity contribution in [3.05, 3.63) is 24.3 Å². The first-order chi connectivity index (χ1) is 13.6. The zero-order chi connectivity index (χ0) is 21.4. The molecule has 2 aliphatic carbocycles. The molecule has 0 aliphatic heterocycles. The molecule has 0 heterocycles. The second kappa shape index (κ2) is 7.95. The van der Waals surface area contributed by atoms with Gasteiger partial charge in [0.05, 0.1) is 19.8 Å². The average Bonchev–Trinajstić information content (AvgIpc) is 2.99. The Kier molecular flexibility index (Phi) is 5.92. The zero-order valence-electron chi connectivity index (χ0n) is 17.6. The molecule has 2 bridgehead atoms. The number of ether oxygens (including phenoxy) is 1. The summed E-state index contributed by atoms with van der Waals surface area (Å²) in [6.45, 7) is 5.93. The summed E-state index contributed by atoms with van der Waals surface area (Å²) in [5.41, 5.74) is 0.292. The number of hydrogen-bond donors (Lipinski definition) is 4. The van der Waals surface area contributed by atoms with Crippen LogP contribution in [0, 0.1) is 22.7 Å². The number of aliphatic hydroxyl groups is 2. The lowest BCUT2D eigenvalue weighted by Gasteiger charge is -2.37. The number of hydrogen-bond acceptors (Lipinski definition) is 5. The van der Waals surface area contributed by atoms with Crippen LogP contribution in [0.5, 0.6) is 5.75 Å². The summed E-state index contributed by atoms with van der Waals surface area (Å²) in [6, 6.07) is 5.78. The molecular weight excluding hydrogens is 372 g/mol. The molecule has 0 spiro atoms. The highest BCUT2D eigenvalue weighted by Gasteiger charge is 2.65.